The van der Waals surface area contributed by atoms with E-state index in [-0.39, 0.29) is 12.5 Å². The number of aliphatic hydroxyl groups excluding tert-OH is 2. The quantitative estimate of drug-likeness (QED) is 0.0423. The van der Waals surface area contributed by atoms with E-state index in [0.29, 0.717) is 6.42 Å². The van der Waals surface area contributed by atoms with Crippen LogP contribution in [-0.2, 0) is 4.79 Å². The van der Waals surface area contributed by atoms with Crippen LogP contribution in [0.1, 0.15) is 296 Å². The van der Waals surface area contributed by atoms with Crippen molar-refractivity contribution < 1.29 is 15.0 Å². The molecule has 3 N–H and O–H groups in total. The molecule has 0 aromatic rings. The minimum atomic E-state index is -0.834. The van der Waals surface area contributed by atoms with Crippen molar-refractivity contribution in [3.05, 3.63) is 24.3 Å². The fourth-order valence-electron chi connectivity index (χ4n) is 8.35. The Bertz CT molecular complexity index is 840. The molecular weight excluding hydrogens is 711 g/mol. The average Bonchev–Trinajstić information content (AvgIpc) is 3.23. The Morgan fingerprint density at radius 1 is 0.397 bits per heavy atom. The SMILES string of the molecule is CCCCCCCCC/C=C/C(O)C(CO)NC(=O)CCCCCCCCCCCCCCCCCCC/C=C\CCCCCCCCCCCCCCCCCC. The summed E-state index contributed by atoms with van der Waals surface area (Å²) in [7, 11) is 0. The van der Waals surface area contributed by atoms with Gasteiger partial charge in [-0.05, 0) is 44.9 Å². The number of rotatable bonds is 49. The molecule has 2 unspecified atom stereocenters. The molecule has 0 fully saturated rings. The molecule has 0 aliphatic carbocycles. The lowest BCUT2D eigenvalue weighted by molar-refractivity contribution is -0.123. The summed E-state index contributed by atoms with van der Waals surface area (Å²) in [5, 5.41) is 22.9. The van der Waals surface area contributed by atoms with Crippen LogP contribution in [0.15, 0.2) is 24.3 Å². The molecule has 344 valence electrons. The molecule has 4 nitrogen and oxygen atoms in total. The number of allylic oxidation sites excluding steroid dienone is 3. The van der Waals surface area contributed by atoms with Crippen molar-refractivity contribution in [2.45, 2.75) is 309 Å². The lowest BCUT2D eigenvalue weighted by Gasteiger charge is -2.20. The molecule has 0 saturated heterocycles. The van der Waals surface area contributed by atoms with Crippen molar-refractivity contribution in [3.63, 3.8) is 0 Å². The predicted molar refractivity (Wildman–Crippen MR) is 258 cm³/mol. The summed E-state index contributed by atoms with van der Waals surface area (Å²) in [4.78, 5) is 12.4. The van der Waals surface area contributed by atoms with Gasteiger partial charge < -0.3 is 15.5 Å². The Labute approximate surface area is 364 Å². The van der Waals surface area contributed by atoms with Crippen molar-refractivity contribution in [1.82, 2.24) is 5.32 Å². The zero-order valence-electron chi connectivity index (χ0n) is 39.6. The smallest absolute Gasteiger partial charge is 0.220 e. The van der Waals surface area contributed by atoms with Crippen LogP contribution < -0.4 is 5.32 Å². The first-order valence-corrected chi connectivity index (χ1v) is 26.6. The molecule has 0 aromatic carbocycles. The van der Waals surface area contributed by atoms with E-state index >= 15 is 0 Å². The maximum atomic E-state index is 12.4. The van der Waals surface area contributed by atoms with Crippen LogP contribution in [0.3, 0.4) is 0 Å². The van der Waals surface area contributed by atoms with Gasteiger partial charge in [-0.3, -0.25) is 4.79 Å². The van der Waals surface area contributed by atoms with Gasteiger partial charge in [0.1, 0.15) is 0 Å². The van der Waals surface area contributed by atoms with E-state index in [1.807, 2.05) is 6.08 Å². The zero-order valence-corrected chi connectivity index (χ0v) is 39.6. The average molecular weight is 816 g/mol. The molecule has 0 bridgehead atoms. The van der Waals surface area contributed by atoms with Crippen LogP contribution >= 0.6 is 0 Å². The number of nitrogens with one attached hydrogen (secondary N) is 1. The van der Waals surface area contributed by atoms with Gasteiger partial charge >= 0.3 is 0 Å². The number of hydrogen-bond donors (Lipinski definition) is 3. The number of aliphatic hydroxyl groups is 2. The van der Waals surface area contributed by atoms with Crippen molar-refractivity contribution in [1.29, 1.82) is 0 Å². The number of amides is 1. The largest absolute Gasteiger partial charge is 0.394 e. The van der Waals surface area contributed by atoms with E-state index in [1.54, 1.807) is 6.08 Å². The minimum absolute atomic E-state index is 0.0625. The Kier molecular flexibility index (Phi) is 49.2. The maximum absolute atomic E-state index is 12.4. The first-order chi connectivity index (χ1) is 28.7. The van der Waals surface area contributed by atoms with Gasteiger partial charge in [0.25, 0.3) is 0 Å². The molecule has 0 rings (SSSR count). The van der Waals surface area contributed by atoms with Gasteiger partial charge in [-0.25, -0.2) is 0 Å². The Balaban J connectivity index is 3.35. The molecule has 0 aromatic heterocycles. The van der Waals surface area contributed by atoms with Crippen LogP contribution in [0.5, 0.6) is 0 Å². The summed E-state index contributed by atoms with van der Waals surface area (Å²) in [6.07, 6.45) is 66.4. The first-order valence-electron chi connectivity index (χ1n) is 26.6. The van der Waals surface area contributed by atoms with Crippen molar-refractivity contribution in [3.8, 4) is 0 Å². The first kappa shape index (κ1) is 56.9. The third-order valence-electron chi connectivity index (χ3n) is 12.4. The Morgan fingerprint density at radius 2 is 0.655 bits per heavy atom. The fraction of sp³-hybridized carbons (Fsp3) is 0.907. The summed E-state index contributed by atoms with van der Waals surface area (Å²) < 4.78 is 0. The molecule has 4 heteroatoms. The third kappa shape index (κ3) is 45.9. The van der Waals surface area contributed by atoms with E-state index < -0.39 is 12.1 Å². The normalized spacial score (nSPS) is 13.0. The standard InChI is InChI=1S/C54H105NO3/c1-3-5-7-9-11-13-14-15-16-17-18-19-20-21-22-23-24-25-26-27-28-29-30-31-32-33-34-35-36-37-38-39-40-42-44-46-48-50-54(58)55-52(51-56)53(57)49-47-45-43-41-12-10-8-6-4-2/h25-26,47,49,52-53,56-57H,3-24,27-46,48,50-51H2,1-2H3,(H,55,58)/b26-25-,49-47+. The lowest BCUT2D eigenvalue weighted by Crippen LogP contribution is -2.45. The molecule has 0 radical (unpaired) electrons. The molecule has 0 aliphatic heterocycles. The number of unbranched alkanes of at least 4 members (excludes halogenated alkanes) is 40. The van der Waals surface area contributed by atoms with Gasteiger partial charge in [0, 0.05) is 6.42 Å². The van der Waals surface area contributed by atoms with Crippen molar-refractivity contribution in [2.24, 2.45) is 0 Å². The highest BCUT2D eigenvalue weighted by Gasteiger charge is 2.18. The summed E-state index contributed by atoms with van der Waals surface area (Å²) in [5.41, 5.74) is 0. The summed E-state index contributed by atoms with van der Waals surface area (Å²) in [6.45, 7) is 4.30. The van der Waals surface area contributed by atoms with Crippen LogP contribution in [0.4, 0.5) is 0 Å². The van der Waals surface area contributed by atoms with E-state index in [4.69, 9.17) is 0 Å². The second-order valence-electron chi connectivity index (χ2n) is 18.3. The molecule has 58 heavy (non-hydrogen) atoms. The molecule has 0 spiro atoms. The van der Waals surface area contributed by atoms with Gasteiger partial charge in [0.15, 0.2) is 0 Å². The highest BCUT2D eigenvalue weighted by atomic mass is 16.3. The number of carbonyl (C=O) groups is 1. The number of carbonyl (C=O) groups excluding carboxylic acids is 1. The van der Waals surface area contributed by atoms with E-state index in [1.165, 1.54) is 250 Å². The third-order valence-corrected chi connectivity index (χ3v) is 12.4. The van der Waals surface area contributed by atoms with Gasteiger partial charge in [0.2, 0.25) is 5.91 Å². The van der Waals surface area contributed by atoms with E-state index in [2.05, 4.69) is 31.3 Å². The molecule has 0 saturated carbocycles. The molecule has 0 aliphatic rings. The van der Waals surface area contributed by atoms with Crippen LogP contribution in [-0.4, -0.2) is 34.9 Å². The molecular formula is C54H105NO3. The highest BCUT2D eigenvalue weighted by molar-refractivity contribution is 5.76. The Morgan fingerprint density at radius 3 is 0.948 bits per heavy atom. The van der Waals surface area contributed by atoms with E-state index in [0.717, 1.165) is 25.7 Å². The molecule has 2 atom stereocenters. The van der Waals surface area contributed by atoms with Crippen LogP contribution in [0.25, 0.3) is 0 Å². The van der Waals surface area contributed by atoms with Gasteiger partial charge in [-0.15, -0.1) is 0 Å². The molecule has 1 amide bonds. The van der Waals surface area contributed by atoms with Crippen LogP contribution in [0, 0.1) is 0 Å². The van der Waals surface area contributed by atoms with E-state index in [9.17, 15) is 15.0 Å². The molecule has 0 heterocycles. The zero-order chi connectivity index (χ0) is 42.1. The Hall–Kier alpha value is -1.13. The second-order valence-corrected chi connectivity index (χ2v) is 18.3. The summed E-state index contributed by atoms with van der Waals surface area (Å²) >= 11 is 0. The lowest BCUT2D eigenvalue weighted by atomic mass is 10.0. The van der Waals surface area contributed by atoms with Gasteiger partial charge in [0.05, 0.1) is 18.8 Å². The van der Waals surface area contributed by atoms with Gasteiger partial charge in [-0.1, -0.05) is 269 Å². The maximum Gasteiger partial charge on any atom is 0.220 e. The summed E-state index contributed by atoms with van der Waals surface area (Å²) in [5.74, 6) is -0.0625. The summed E-state index contributed by atoms with van der Waals surface area (Å²) in [6, 6.07) is -0.617. The predicted octanol–water partition coefficient (Wildman–Crippen LogP) is 17.1. The highest BCUT2D eigenvalue weighted by Crippen LogP contribution is 2.17. The minimum Gasteiger partial charge on any atom is -0.394 e. The fourth-order valence-corrected chi connectivity index (χ4v) is 8.35. The topological polar surface area (TPSA) is 69.6 Å². The monoisotopic (exact) mass is 816 g/mol. The van der Waals surface area contributed by atoms with Gasteiger partial charge in [-0.2, -0.15) is 0 Å². The van der Waals surface area contributed by atoms with Crippen LogP contribution in [0.2, 0.25) is 0 Å². The second kappa shape index (κ2) is 50.2. The number of hydrogen-bond acceptors (Lipinski definition) is 3. The van der Waals surface area contributed by atoms with Crippen molar-refractivity contribution >= 4 is 5.91 Å². The van der Waals surface area contributed by atoms with Crippen molar-refractivity contribution in [2.75, 3.05) is 6.61 Å².